The molecule has 0 saturated carbocycles. The Bertz CT molecular complexity index is 445. The largest absolute Gasteiger partial charge is 0.379 e. The van der Waals surface area contributed by atoms with Gasteiger partial charge in [0.1, 0.15) is 11.5 Å². The van der Waals surface area contributed by atoms with Crippen molar-refractivity contribution in [3.05, 3.63) is 34.1 Å². The van der Waals surface area contributed by atoms with E-state index in [9.17, 15) is 14.5 Å². The zero-order valence-corrected chi connectivity index (χ0v) is 11.2. The Balaban J connectivity index is 2.90. The first-order valence-corrected chi connectivity index (χ1v) is 5.92. The van der Waals surface area contributed by atoms with Gasteiger partial charge >= 0.3 is 0 Å². The summed E-state index contributed by atoms with van der Waals surface area (Å²) >= 11 is 0. The van der Waals surface area contributed by atoms with E-state index in [1.165, 1.54) is 6.07 Å². The lowest BCUT2D eigenvalue weighted by Gasteiger charge is -2.29. The zero-order valence-electron chi connectivity index (χ0n) is 11.2. The molecule has 0 atom stereocenters. The van der Waals surface area contributed by atoms with Crippen LogP contribution in [0.5, 0.6) is 0 Å². The van der Waals surface area contributed by atoms with Gasteiger partial charge in [0.05, 0.1) is 4.92 Å². The molecule has 0 radical (unpaired) electrons. The van der Waals surface area contributed by atoms with E-state index in [-0.39, 0.29) is 16.8 Å². The lowest BCUT2D eigenvalue weighted by Crippen LogP contribution is -2.28. The van der Waals surface area contributed by atoms with Crippen LogP contribution < -0.4 is 5.32 Å². The van der Waals surface area contributed by atoms with E-state index in [4.69, 9.17) is 0 Å². The molecule has 1 aromatic carbocycles. The molecule has 0 unspecified atom stereocenters. The Kier molecular flexibility index (Phi) is 4.27. The van der Waals surface area contributed by atoms with E-state index in [1.807, 2.05) is 0 Å². The molecule has 5 heteroatoms. The minimum absolute atomic E-state index is 0.0276. The van der Waals surface area contributed by atoms with Gasteiger partial charge in [0, 0.05) is 18.7 Å². The van der Waals surface area contributed by atoms with Crippen LogP contribution in [0.25, 0.3) is 0 Å². The van der Waals surface area contributed by atoms with Crippen LogP contribution in [0, 0.1) is 27.3 Å². The van der Waals surface area contributed by atoms with Gasteiger partial charge in [-0.05, 0) is 17.4 Å². The molecule has 100 valence electrons. The molecule has 0 heterocycles. The molecule has 0 spiro atoms. The average Bonchev–Trinajstić information content (AvgIpc) is 2.26. The van der Waals surface area contributed by atoms with E-state index in [0.717, 1.165) is 12.1 Å². The maximum absolute atomic E-state index is 13.1. The van der Waals surface area contributed by atoms with Crippen LogP contribution >= 0.6 is 0 Å². The molecule has 0 fully saturated rings. The molecular weight excluding hydrogens is 235 g/mol. The number of nitrogens with zero attached hydrogens (tertiary/aromatic N) is 1. The number of nitro groups is 1. The molecule has 0 saturated heterocycles. The molecular formula is C13H19FN2O2. The number of benzene rings is 1. The Morgan fingerprint density at radius 1 is 1.44 bits per heavy atom. The van der Waals surface area contributed by atoms with Gasteiger partial charge in [-0.1, -0.05) is 27.7 Å². The van der Waals surface area contributed by atoms with Crippen molar-refractivity contribution in [2.24, 2.45) is 11.3 Å². The molecule has 0 amide bonds. The third kappa shape index (κ3) is 3.42. The van der Waals surface area contributed by atoms with Crippen LogP contribution in [0.15, 0.2) is 18.2 Å². The summed E-state index contributed by atoms with van der Waals surface area (Å²) in [5.74, 6) is -0.0666. The number of hydrogen-bond acceptors (Lipinski definition) is 3. The summed E-state index contributed by atoms with van der Waals surface area (Å²) in [7, 11) is 0. The van der Waals surface area contributed by atoms with Gasteiger partial charge in [0.25, 0.3) is 5.69 Å². The molecule has 1 N–H and O–H groups in total. The highest BCUT2D eigenvalue weighted by atomic mass is 19.1. The summed E-state index contributed by atoms with van der Waals surface area (Å²) in [6.07, 6.45) is 0. The Hall–Kier alpha value is -1.65. The Morgan fingerprint density at radius 3 is 2.56 bits per heavy atom. The molecule has 0 aromatic heterocycles. The first-order valence-electron chi connectivity index (χ1n) is 5.92. The Labute approximate surface area is 106 Å². The maximum Gasteiger partial charge on any atom is 0.292 e. The minimum atomic E-state index is -0.510. The normalized spacial score (nSPS) is 11.7. The van der Waals surface area contributed by atoms with Crippen LogP contribution in [0.3, 0.4) is 0 Å². The second kappa shape index (κ2) is 5.33. The van der Waals surface area contributed by atoms with Crippen molar-refractivity contribution in [2.75, 3.05) is 11.9 Å². The van der Waals surface area contributed by atoms with Crippen molar-refractivity contribution < 1.29 is 9.31 Å². The summed E-state index contributed by atoms with van der Waals surface area (Å²) in [6.45, 7) is 8.85. The third-order valence-electron chi connectivity index (χ3n) is 3.45. The first-order chi connectivity index (χ1) is 8.24. The lowest BCUT2D eigenvalue weighted by molar-refractivity contribution is -0.384. The van der Waals surface area contributed by atoms with E-state index >= 15 is 0 Å². The fourth-order valence-electron chi connectivity index (χ4n) is 1.34. The second-order valence-corrected chi connectivity index (χ2v) is 5.42. The number of rotatable bonds is 5. The summed E-state index contributed by atoms with van der Waals surface area (Å²) in [4.78, 5) is 10.3. The standard InChI is InChI=1S/C13H19FN2O2/c1-9(2)13(3,4)8-15-11-7-10(14)5-6-12(11)16(17)18/h5-7,9,15H,8H2,1-4H3. The molecule has 1 rings (SSSR count). The van der Waals surface area contributed by atoms with Gasteiger partial charge in [-0.2, -0.15) is 0 Å². The highest BCUT2D eigenvalue weighted by Gasteiger charge is 2.23. The molecule has 4 nitrogen and oxygen atoms in total. The number of nitro benzene ring substituents is 1. The van der Waals surface area contributed by atoms with Gasteiger partial charge in [0.2, 0.25) is 0 Å². The predicted octanol–water partition coefficient (Wildman–Crippen LogP) is 3.83. The van der Waals surface area contributed by atoms with Gasteiger partial charge in [-0.3, -0.25) is 10.1 Å². The van der Waals surface area contributed by atoms with Gasteiger partial charge in [0.15, 0.2) is 0 Å². The lowest BCUT2D eigenvalue weighted by atomic mass is 9.81. The van der Waals surface area contributed by atoms with Crippen LogP contribution in [0.1, 0.15) is 27.7 Å². The summed E-state index contributed by atoms with van der Waals surface area (Å²) in [6, 6.07) is 3.44. The SMILES string of the molecule is CC(C)C(C)(C)CNc1cc(F)ccc1[N+](=O)[O-]. The fraction of sp³-hybridized carbons (Fsp3) is 0.538. The van der Waals surface area contributed by atoms with Gasteiger partial charge in [-0.25, -0.2) is 4.39 Å². The second-order valence-electron chi connectivity index (χ2n) is 5.42. The van der Waals surface area contributed by atoms with E-state index < -0.39 is 10.7 Å². The molecule has 0 aliphatic heterocycles. The minimum Gasteiger partial charge on any atom is -0.379 e. The maximum atomic E-state index is 13.1. The van der Waals surface area contributed by atoms with E-state index in [0.29, 0.717) is 12.5 Å². The molecule has 0 aliphatic carbocycles. The number of halogens is 1. The summed E-state index contributed by atoms with van der Waals surface area (Å²) in [5.41, 5.74) is 0.102. The third-order valence-corrected chi connectivity index (χ3v) is 3.45. The van der Waals surface area contributed by atoms with Crippen molar-refractivity contribution in [3.8, 4) is 0 Å². The highest BCUT2D eigenvalue weighted by Crippen LogP contribution is 2.29. The summed E-state index contributed by atoms with van der Waals surface area (Å²) < 4.78 is 13.1. The van der Waals surface area contributed by atoms with Crippen molar-refractivity contribution in [1.82, 2.24) is 0 Å². The topological polar surface area (TPSA) is 55.2 Å². The van der Waals surface area contributed by atoms with Crippen LogP contribution in [0.4, 0.5) is 15.8 Å². The van der Waals surface area contributed by atoms with Crippen molar-refractivity contribution in [1.29, 1.82) is 0 Å². The molecule has 18 heavy (non-hydrogen) atoms. The fourth-order valence-corrected chi connectivity index (χ4v) is 1.34. The number of nitrogens with one attached hydrogen (secondary N) is 1. The van der Waals surface area contributed by atoms with Crippen LogP contribution in [-0.2, 0) is 0 Å². The number of anilines is 1. The molecule has 0 aliphatic rings. The molecule has 1 aromatic rings. The average molecular weight is 254 g/mol. The zero-order chi connectivity index (χ0) is 13.9. The molecule has 0 bridgehead atoms. The van der Waals surface area contributed by atoms with Gasteiger partial charge in [-0.15, -0.1) is 0 Å². The van der Waals surface area contributed by atoms with Crippen LogP contribution in [-0.4, -0.2) is 11.5 Å². The van der Waals surface area contributed by atoms with Crippen LogP contribution in [0.2, 0.25) is 0 Å². The monoisotopic (exact) mass is 254 g/mol. The Morgan fingerprint density at radius 2 is 2.06 bits per heavy atom. The van der Waals surface area contributed by atoms with Crippen molar-refractivity contribution in [2.45, 2.75) is 27.7 Å². The summed E-state index contributed by atoms with van der Waals surface area (Å²) in [5, 5.41) is 13.8. The van der Waals surface area contributed by atoms with Gasteiger partial charge < -0.3 is 5.32 Å². The van der Waals surface area contributed by atoms with Crippen molar-refractivity contribution >= 4 is 11.4 Å². The first kappa shape index (κ1) is 14.4. The predicted molar refractivity (Wildman–Crippen MR) is 70.2 cm³/mol. The van der Waals surface area contributed by atoms with Crippen molar-refractivity contribution in [3.63, 3.8) is 0 Å². The smallest absolute Gasteiger partial charge is 0.292 e. The quantitative estimate of drug-likeness (QED) is 0.641. The highest BCUT2D eigenvalue weighted by molar-refractivity contribution is 5.61. The van der Waals surface area contributed by atoms with E-state index in [2.05, 4.69) is 33.0 Å². The number of hydrogen-bond donors (Lipinski definition) is 1. The van der Waals surface area contributed by atoms with E-state index in [1.54, 1.807) is 0 Å².